The van der Waals surface area contributed by atoms with Gasteiger partial charge in [0.2, 0.25) is 0 Å². The first-order valence-corrected chi connectivity index (χ1v) is 6.25. The predicted molar refractivity (Wildman–Crippen MR) is 68.3 cm³/mol. The number of nitrogens with one attached hydrogen (secondary N) is 1. The van der Waals surface area contributed by atoms with E-state index in [0.29, 0.717) is 11.3 Å². The molecule has 2 aromatic heterocycles. The van der Waals surface area contributed by atoms with Crippen LogP contribution >= 0.6 is 0 Å². The minimum absolute atomic E-state index is 0.191. The zero-order valence-corrected chi connectivity index (χ0v) is 10.7. The summed E-state index contributed by atoms with van der Waals surface area (Å²) in [5, 5.41) is 19.8. The average Bonchev–Trinajstić information content (AvgIpc) is 3.16. The van der Waals surface area contributed by atoms with E-state index in [1.54, 1.807) is 35.4 Å². The lowest BCUT2D eigenvalue weighted by Crippen LogP contribution is -2.23. The largest absolute Gasteiger partial charge is 0.346 e. The number of rotatable bonds is 4. The van der Waals surface area contributed by atoms with Gasteiger partial charge in [-0.1, -0.05) is 5.21 Å². The monoisotopic (exact) mass is 268 g/mol. The fourth-order valence-corrected chi connectivity index (χ4v) is 1.88. The van der Waals surface area contributed by atoms with E-state index in [1.165, 1.54) is 0 Å². The summed E-state index contributed by atoms with van der Waals surface area (Å²) in [7, 11) is 0. The van der Waals surface area contributed by atoms with Crippen molar-refractivity contribution < 1.29 is 4.79 Å². The van der Waals surface area contributed by atoms with E-state index in [-0.39, 0.29) is 12.5 Å². The predicted octanol–water partition coefficient (Wildman–Crippen LogP) is 0.616. The highest BCUT2D eigenvalue weighted by Gasteiger charge is 2.46. The van der Waals surface area contributed by atoms with Crippen molar-refractivity contribution in [2.24, 2.45) is 0 Å². The van der Waals surface area contributed by atoms with Crippen molar-refractivity contribution >= 4 is 5.91 Å². The lowest BCUT2D eigenvalue weighted by molar-refractivity contribution is 0.0950. The standard InChI is InChI=1S/C13H12N6O/c14-9-13(3-4-13)19-8-11(17-18-19)7-16-12(20)10-1-5-15-6-2-10/h1-2,5-6,8H,3-4,7H2,(H,16,20). The lowest BCUT2D eigenvalue weighted by Gasteiger charge is -2.03. The number of hydrogen-bond donors (Lipinski definition) is 1. The molecular weight excluding hydrogens is 256 g/mol. The molecule has 1 fully saturated rings. The van der Waals surface area contributed by atoms with Crippen LogP contribution < -0.4 is 5.32 Å². The van der Waals surface area contributed by atoms with Crippen molar-refractivity contribution in [1.29, 1.82) is 5.26 Å². The summed E-state index contributed by atoms with van der Waals surface area (Å²) in [6, 6.07) is 5.52. The third-order valence-corrected chi connectivity index (χ3v) is 3.28. The Bertz CT molecular complexity index is 668. The third kappa shape index (κ3) is 2.23. The van der Waals surface area contributed by atoms with Crippen molar-refractivity contribution in [1.82, 2.24) is 25.3 Å². The third-order valence-electron chi connectivity index (χ3n) is 3.28. The first-order valence-electron chi connectivity index (χ1n) is 6.25. The number of nitrogens with zero attached hydrogens (tertiary/aromatic N) is 5. The smallest absolute Gasteiger partial charge is 0.251 e. The van der Waals surface area contributed by atoms with Gasteiger partial charge >= 0.3 is 0 Å². The van der Waals surface area contributed by atoms with Crippen molar-refractivity contribution in [3.8, 4) is 6.07 Å². The number of amides is 1. The number of nitriles is 1. The quantitative estimate of drug-likeness (QED) is 0.876. The Hall–Kier alpha value is -2.75. The van der Waals surface area contributed by atoms with Crippen LogP contribution in [0.15, 0.2) is 30.7 Å². The Morgan fingerprint density at radius 3 is 2.85 bits per heavy atom. The summed E-state index contributed by atoms with van der Waals surface area (Å²) >= 11 is 0. The van der Waals surface area contributed by atoms with E-state index in [0.717, 1.165) is 12.8 Å². The van der Waals surface area contributed by atoms with Gasteiger partial charge in [0, 0.05) is 18.0 Å². The normalized spacial score (nSPS) is 15.3. The molecule has 0 aromatic carbocycles. The van der Waals surface area contributed by atoms with Crippen molar-refractivity contribution in [3.05, 3.63) is 42.0 Å². The van der Waals surface area contributed by atoms with Crippen LogP contribution in [0.25, 0.3) is 0 Å². The van der Waals surface area contributed by atoms with E-state index in [4.69, 9.17) is 5.26 Å². The Morgan fingerprint density at radius 2 is 2.20 bits per heavy atom. The molecule has 1 N–H and O–H groups in total. The number of aromatic nitrogens is 4. The molecule has 7 nitrogen and oxygen atoms in total. The number of hydrogen-bond acceptors (Lipinski definition) is 5. The summed E-state index contributed by atoms with van der Waals surface area (Å²) in [5.41, 5.74) is 0.664. The average molecular weight is 268 g/mol. The van der Waals surface area contributed by atoms with Crippen LogP contribution in [-0.4, -0.2) is 25.9 Å². The van der Waals surface area contributed by atoms with Crippen LogP contribution in [0.3, 0.4) is 0 Å². The maximum absolute atomic E-state index is 11.8. The van der Waals surface area contributed by atoms with Gasteiger partial charge < -0.3 is 5.32 Å². The summed E-state index contributed by atoms with van der Waals surface area (Å²) < 4.78 is 1.58. The Balaban J connectivity index is 1.62. The second-order valence-corrected chi connectivity index (χ2v) is 4.72. The number of pyridine rings is 1. The van der Waals surface area contributed by atoms with Crippen LogP contribution in [-0.2, 0) is 12.1 Å². The number of carbonyl (C=O) groups excluding carboxylic acids is 1. The molecule has 2 heterocycles. The maximum Gasteiger partial charge on any atom is 0.251 e. The van der Waals surface area contributed by atoms with Gasteiger partial charge in [-0.05, 0) is 25.0 Å². The molecule has 1 amide bonds. The molecule has 1 aliphatic carbocycles. The fraction of sp³-hybridized carbons (Fsp3) is 0.308. The molecule has 0 radical (unpaired) electrons. The zero-order valence-electron chi connectivity index (χ0n) is 10.7. The highest BCUT2D eigenvalue weighted by molar-refractivity contribution is 5.93. The van der Waals surface area contributed by atoms with Gasteiger partial charge in [-0.2, -0.15) is 5.26 Å². The van der Waals surface area contributed by atoms with Crippen LogP contribution in [0.2, 0.25) is 0 Å². The second kappa shape index (κ2) is 4.74. The highest BCUT2D eigenvalue weighted by Crippen LogP contribution is 2.41. The zero-order chi connectivity index (χ0) is 14.0. The van der Waals surface area contributed by atoms with Crippen molar-refractivity contribution in [2.75, 3.05) is 0 Å². The topological polar surface area (TPSA) is 96.5 Å². The summed E-state index contributed by atoms with van der Waals surface area (Å²) in [6.07, 6.45) is 6.44. The number of carbonyl (C=O) groups is 1. The molecular formula is C13H12N6O. The molecule has 7 heteroatoms. The molecule has 1 aliphatic rings. The van der Waals surface area contributed by atoms with Crippen LogP contribution in [0.1, 0.15) is 28.9 Å². The molecule has 0 atom stereocenters. The lowest BCUT2D eigenvalue weighted by atomic mass is 10.2. The molecule has 0 saturated heterocycles. The van der Waals surface area contributed by atoms with Gasteiger partial charge in [0.15, 0.2) is 5.54 Å². The van der Waals surface area contributed by atoms with Gasteiger partial charge in [-0.15, -0.1) is 5.10 Å². The fourth-order valence-electron chi connectivity index (χ4n) is 1.88. The minimum atomic E-state index is -0.514. The maximum atomic E-state index is 11.8. The van der Waals surface area contributed by atoms with Gasteiger partial charge in [0.1, 0.15) is 5.69 Å². The molecule has 2 aromatic rings. The van der Waals surface area contributed by atoms with E-state index in [1.807, 2.05) is 0 Å². The highest BCUT2D eigenvalue weighted by atomic mass is 16.1. The Labute approximate surface area is 115 Å². The minimum Gasteiger partial charge on any atom is -0.346 e. The van der Waals surface area contributed by atoms with Crippen LogP contribution in [0.5, 0.6) is 0 Å². The van der Waals surface area contributed by atoms with Gasteiger partial charge in [0.25, 0.3) is 5.91 Å². The van der Waals surface area contributed by atoms with Gasteiger partial charge in [0.05, 0.1) is 18.8 Å². The molecule has 0 bridgehead atoms. The molecule has 0 unspecified atom stereocenters. The van der Waals surface area contributed by atoms with Crippen molar-refractivity contribution in [2.45, 2.75) is 24.9 Å². The summed E-state index contributed by atoms with van der Waals surface area (Å²) in [6.45, 7) is 0.280. The van der Waals surface area contributed by atoms with Gasteiger partial charge in [-0.3, -0.25) is 9.78 Å². The summed E-state index contributed by atoms with van der Waals surface area (Å²) in [4.78, 5) is 15.7. The molecule has 0 aliphatic heterocycles. The van der Waals surface area contributed by atoms with E-state index in [2.05, 4.69) is 26.7 Å². The second-order valence-electron chi connectivity index (χ2n) is 4.72. The molecule has 100 valence electrons. The van der Waals surface area contributed by atoms with E-state index >= 15 is 0 Å². The molecule has 20 heavy (non-hydrogen) atoms. The van der Waals surface area contributed by atoms with Crippen LogP contribution in [0, 0.1) is 11.3 Å². The van der Waals surface area contributed by atoms with E-state index < -0.39 is 5.54 Å². The molecule has 1 saturated carbocycles. The molecule has 0 spiro atoms. The Kier molecular flexibility index (Phi) is 2.91. The van der Waals surface area contributed by atoms with Gasteiger partial charge in [-0.25, -0.2) is 4.68 Å². The van der Waals surface area contributed by atoms with E-state index in [9.17, 15) is 4.79 Å². The Morgan fingerprint density at radius 1 is 1.45 bits per heavy atom. The molecule has 3 rings (SSSR count). The first kappa shape index (κ1) is 12.3. The first-order chi connectivity index (χ1) is 9.73. The van der Waals surface area contributed by atoms with Crippen molar-refractivity contribution in [3.63, 3.8) is 0 Å². The van der Waals surface area contributed by atoms with Crippen LogP contribution in [0.4, 0.5) is 0 Å². The SMILES string of the molecule is N#CC1(n2cc(CNC(=O)c3ccncc3)nn2)CC1. The summed E-state index contributed by atoms with van der Waals surface area (Å²) in [5.74, 6) is -0.191.